The molecule has 0 aliphatic heterocycles. The zero-order valence-electron chi connectivity index (χ0n) is 22.3. The lowest BCUT2D eigenvalue weighted by Gasteiger charge is -2.33. The van der Waals surface area contributed by atoms with Gasteiger partial charge in [0.05, 0.1) is 24.8 Å². The van der Waals surface area contributed by atoms with Crippen LogP contribution in [0.3, 0.4) is 0 Å². The van der Waals surface area contributed by atoms with Gasteiger partial charge in [0.1, 0.15) is 24.1 Å². The van der Waals surface area contributed by atoms with E-state index in [9.17, 15) is 18.0 Å². The second-order valence-electron chi connectivity index (χ2n) is 8.55. The number of benzene rings is 3. The van der Waals surface area contributed by atoms with Gasteiger partial charge in [-0.3, -0.25) is 13.9 Å². The van der Waals surface area contributed by atoms with Crippen LogP contribution >= 0.6 is 11.6 Å². The number of hydrogen-bond donors (Lipinski definition) is 1. The summed E-state index contributed by atoms with van der Waals surface area (Å²) in [7, 11) is 0.108. The minimum Gasteiger partial charge on any atom is -0.497 e. The van der Waals surface area contributed by atoms with Crippen molar-refractivity contribution in [3.8, 4) is 11.5 Å². The molecule has 3 aromatic rings. The molecule has 9 nitrogen and oxygen atoms in total. The molecule has 0 bridgehead atoms. The number of amides is 2. The van der Waals surface area contributed by atoms with E-state index in [1.54, 1.807) is 61.5 Å². The fourth-order valence-corrected chi connectivity index (χ4v) is 5.66. The molecule has 0 aromatic heterocycles. The van der Waals surface area contributed by atoms with Crippen LogP contribution < -0.4 is 19.1 Å². The Morgan fingerprint density at radius 2 is 1.64 bits per heavy atom. The minimum absolute atomic E-state index is 0.00901. The molecule has 0 saturated heterocycles. The monoisotopic (exact) mass is 573 g/mol. The van der Waals surface area contributed by atoms with Crippen LogP contribution in [0.5, 0.6) is 11.5 Å². The Balaban J connectivity index is 2.13. The highest BCUT2D eigenvalue weighted by Crippen LogP contribution is 2.36. The van der Waals surface area contributed by atoms with E-state index in [4.69, 9.17) is 21.1 Å². The van der Waals surface area contributed by atoms with Crippen molar-refractivity contribution in [2.24, 2.45) is 0 Å². The summed E-state index contributed by atoms with van der Waals surface area (Å²) in [5.74, 6) is -0.340. The molecule has 0 fully saturated rings. The molecule has 0 unspecified atom stereocenters. The number of ether oxygens (including phenoxy) is 2. The van der Waals surface area contributed by atoms with Gasteiger partial charge in [-0.2, -0.15) is 0 Å². The first-order valence-electron chi connectivity index (χ1n) is 12.2. The number of carbonyl (C=O) groups is 2. The van der Waals surface area contributed by atoms with Crippen LogP contribution in [-0.4, -0.2) is 59.0 Å². The highest BCUT2D eigenvalue weighted by atomic mass is 35.5. The Morgan fingerprint density at radius 1 is 0.974 bits per heavy atom. The molecule has 0 heterocycles. The summed E-state index contributed by atoms with van der Waals surface area (Å²) in [6, 6.07) is 18.5. The number of rotatable bonds is 12. The zero-order chi connectivity index (χ0) is 28.6. The molecule has 0 radical (unpaired) electrons. The summed E-state index contributed by atoms with van der Waals surface area (Å²) in [6.07, 6.45) is 0.312. The number of methoxy groups -OCH3 is 2. The van der Waals surface area contributed by atoms with E-state index < -0.39 is 28.5 Å². The second-order valence-corrected chi connectivity index (χ2v) is 10.8. The van der Waals surface area contributed by atoms with Crippen LogP contribution in [0.15, 0.2) is 77.7 Å². The summed E-state index contributed by atoms with van der Waals surface area (Å²) in [5.41, 5.74) is 0.847. The van der Waals surface area contributed by atoms with E-state index in [1.807, 2.05) is 0 Å². The molecule has 1 N–H and O–H groups in total. The van der Waals surface area contributed by atoms with Crippen LogP contribution in [-0.2, 0) is 26.2 Å². The third-order valence-corrected chi connectivity index (χ3v) is 8.19. The van der Waals surface area contributed by atoms with E-state index >= 15 is 0 Å². The molecule has 0 saturated carbocycles. The summed E-state index contributed by atoms with van der Waals surface area (Å²) in [6.45, 7) is 1.25. The number of nitrogens with one attached hydrogen (secondary N) is 1. The van der Waals surface area contributed by atoms with Crippen molar-refractivity contribution >= 4 is 39.1 Å². The molecule has 0 aliphatic rings. The summed E-state index contributed by atoms with van der Waals surface area (Å²) in [5, 5.41) is 3.13. The van der Waals surface area contributed by atoms with Crippen LogP contribution in [0.1, 0.15) is 18.9 Å². The van der Waals surface area contributed by atoms with Gasteiger partial charge < -0.3 is 19.7 Å². The van der Waals surface area contributed by atoms with Crippen LogP contribution in [0.4, 0.5) is 5.69 Å². The third-order valence-electron chi connectivity index (χ3n) is 6.16. The summed E-state index contributed by atoms with van der Waals surface area (Å²) < 4.78 is 39.7. The van der Waals surface area contributed by atoms with Crippen molar-refractivity contribution in [3.05, 3.63) is 83.4 Å². The largest absolute Gasteiger partial charge is 0.497 e. The molecule has 39 heavy (non-hydrogen) atoms. The molecule has 2 amide bonds. The molecule has 1 atom stereocenters. The van der Waals surface area contributed by atoms with Gasteiger partial charge in [0.25, 0.3) is 10.0 Å². The topological polar surface area (TPSA) is 105 Å². The summed E-state index contributed by atoms with van der Waals surface area (Å²) >= 11 is 6.03. The number of hydrogen-bond acceptors (Lipinski definition) is 6. The molecule has 11 heteroatoms. The normalized spacial score (nSPS) is 11.8. The van der Waals surface area contributed by atoms with Gasteiger partial charge in [-0.05, 0) is 48.4 Å². The molecule has 0 aliphatic carbocycles. The average molecular weight is 574 g/mol. The molecule has 3 aromatic carbocycles. The highest BCUT2D eigenvalue weighted by Gasteiger charge is 2.34. The first kappa shape index (κ1) is 29.8. The number of halogens is 1. The summed E-state index contributed by atoms with van der Waals surface area (Å²) in [4.78, 5) is 28.2. The molecule has 0 spiro atoms. The Hall–Kier alpha value is -3.76. The Kier molecular flexibility index (Phi) is 10.2. The van der Waals surface area contributed by atoms with E-state index in [1.165, 1.54) is 44.4 Å². The molecule has 3 rings (SSSR count). The lowest BCUT2D eigenvalue weighted by Crippen LogP contribution is -2.51. The maximum absolute atomic E-state index is 14.0. The van der Waals surface area contributed by atoms with E-state index in [-0.39, 0.29) is 28.8 Å². The van der Waals surface area contributed by atoms with Crippen LogP contribution in [0, 0.1) is 0 Å². The van der Waals surface area contributed by atoms with Gasteiger partial charge in [0.15, 0.2) is 0 Å². The van der Waals surface area contributed by atoms with Gasteiger partial charge in [0.2, 0.25) is 11.8 Å². The highest BCUT2D eigenvalue weighted by molar-refractivity contribution is 7.92. The fourth-order valence-electron chi connectivity index (χ4n) is 4.10. The second kappa shape index (κ2) is 13.3. The van der Waals surface area contributed by atoms with Crippen LogP contribution in [0.2, 0.25) is 5.02 Å². The van der Waals surface area contributed by atoms with Crippen molar-refractivity contribution in [1.82, 2.24) is 10.2 Å². The SMILES string of the molecule is CC[C@@H](C(=O)NC)N(Cc1ccc(Cl)cc1)C(=O)CN(c1cc(OC)ccc1OC)S(=O)(=O)c1ccccc1. The molecule has 208 valence electrons. The van der Waals surface area contributed by atoms with Crippen molar-refractivity contribution in [2.45, 2.75) is 30.8 Å². The maximum Gasteiger partial charge on any atom is 0.264 e. The fraction of sp³-hybridized carbons (Fsp3) is 0.286. The Bertz CT molecular complexity index is 1380. The van der Waals surface area contributed by atoms with Gasteiger partial charge in [0, 0.05) is 24.7 Å². The number of sulfonamides is 1. The van der Waals surface area contributed by atoms with E-state index in [0.29, 0.717) is 17.2 Å². The predicted molar refractivity (Wildman–Crippen MR) is 151 cm³/mol. The standard InChI is InChI=1S/C28H32ClN3O6S/c1-5-24(28(34)30-2)31(18-20-11-13-21(29)14-12-20)27(33)19-32(39(35,36)23-9-7-6-8-10-23)25-17-22(37-3)15-16-26(25)38-4/h6-17,24H,5,18-19H2,1-4H3,(H,30,34)/t24-/m0/s1. The molecular weight excluding hydrogens is 542 g/mol. The van der Waals surface area contributed by atoms with Gasteiger partial charge in [-0.25, -0.2) is 8.42 Å². The van der Waals surface area contributed by atoms with E-state index in [0.717, 1.165) is 9.87 Å². The number of likely N-dealkylation sites (N-methyl/N-ethyl adjacent to an activating group) is 1. The van der Waals surface area contributed by atoms with Crippen molar-refractivity contribution in [2.75, 3.05) is 32.1 Å². The van der Waals surface area contributed by atoms with Crippen molar-refractivity contribution in [3.63, 3.8) is 0 Å². The van der Waals surface area contributed by atoms with Gasteiger partial charge in [-0.1, -0.05) is 48.9 Å². The average Bonchev–Trinajstić information content (AvgIpc) is 2.96. The minimum atomic E-state index is -4.24. The predicted octanol–water partition coefficient (Wildman–Crippen LogP) is 4.11. The lowest BCUT2D eigenvalue weighted by atomic mass is 10.1. The Morgan fingerprint density at radius 3 is 2.21 bits per heavy atom. The smallest absolute Gasteiger partial charge is 0.264 e. The molecular formula is C28H32ClN3O6S. The first-order chi connectivity index (χ1) is 18.7. The van der Waals surface area contributed by atoms with Gasteiger partial charge in [-0.15, -0.1) is 0 Å². The van der Waals surface area contributed by atoms with Crippen molar-refractivity contribution < 1.29 is 27.5 Å². The maximum atomic E-state index is 14.0. The number of carbonyl (C=O) groups excluding carboxylic acids is 2. The van der Waals surface area contributed by atoms with Crippen LogP contribution in [0.25, 0.3) is 0 Å². The number of nitrogens with zero attached hydrogens (tertiary/aromatic N) is 2. The lowest BCUT2D eigenvalue weighted by molar-refractivity contribution is -0.140. The quantitative estimate of drug-likeness (QED) is 0.350. The third kappa shape index (κ3) is 7.01. The van der Waals surface area contributed by atoms with Gasteiger partial charge >= 0.3 is 0 Å². The zero-order valence-corrected chi connectivity index (χ0v) is 23.8. The van der Waals surface area contributed by atoms with E-state index in [2.05, 4.69) is 5.32 Å². The Labute approximate surface area is 234 Å². The van der Waals surface area contributed by atoms with Crippen molar-refractivity contribution in [1.29, 1.82) is 0 Å². The first-order valence-corrected chi connectivity index (χ1v) is 14.0. The number of anilines is 1.